The van der Waals surface area contributed by atoms with Crippen LogP contribution in [0.4, 0.5) is 17.1 Å². The average Bonchev–Trinajstić information content (AvgIpc) is 3.42. The number of hydrogen-bond acceptors (Lipinski definition) is 6. The van der Waals surface area contributed by atoms with Crippen LogP contribution in [0.25, 0.3) is 0 Å². The number of para-hydroxylation sites is 1. The maximum atomic E-state index is 13.9. The molecule has 4 heterocycles. The SMILES string of the molecule is O=C1N(Cc2ccccn2)c2ccccc2C12COc1ccc3c(c12)NON3. The summed E-state index contributed by atoms with van der Waals surface area (Å²) in [5.41, 5.74) is 9.83. The second-order valence-electron chi connectivity index (χ2n) is 7.09. The highest BCUT2D eigenvalue weighted by Crippen LogP contribution is 2.56. The van der Waals surface area contributed by atoms with E-state index in [2.05, 4.69) is 15.9 Å². The first-order chi connectivity index (χ1) is 13.8. The quantitative estimate of drug-likeness (QED) is 0.720. The number of aromatic nitrogens is 1. The number of rotatable bonds is 2. The number of benzene rings is 2. The van der Waals surface area contributed by atoms with Crippen LogP contribution < -0.4 is 20.6 Å². The predicted molar refractivity (Wildman–Crippen MR) is 103 cm³/mol. The van der Waals surface area contributed by atoms with Crippen molar-refractivity contribution in [2.75, 3.05) is 22.5 Å². The van der Waals surface area contributed by atoms with Gasteiger partial charge in [-0.1, -0.05) is 24.3 Å². The minimum absolute atomic E-state index is 0.0137. The van der Waals surface area contributed by atoms with Crippen LogP contribution in [0.3, 0.4) is 0 Å². The van der Waals surface area contributed by atoms with Crippen LogP contribution in [0.5, 0.6) is 5.75 Å². The van der Waals surface area contributed by atoms with Crippen molar-refractivity contribution in [3.8, 4) is 5.75 Å². The van der Waals surface area contributed by atoms with E-state index in [4.69, 9.17) is 9.68 Å². The van der Waals surface area contributed by atoms with E-state index in [0.717, 1.165) is 33.9 Å². The van der Waals surface area contributed by atoms with E-state index in [1.807, 2.05) is 54.6 Å². The zero-order valence-electron chi connectivity index (χ0n) is 14.8. The zero-order valence-corrected chi connectivity index (χ0v) is 14.8. The minimum atomic E-state index is -0.908. The molecular weight excluding hydrogens is 356 g/mol. The molecule has 0 saturated heterocycles. The lowest BCUT2D eigenvalue weighted by molar-refractivity contribution is -0.122. The molecule has 2 aromatic carbocycles. The number of carbonyl (C=O) groups excluding carboxylic acids is 1. The number of nitrogens with one attached hydrogen (secondary N) is 2. The van der Waals surface area contributed by atoms with Gasteiger partial charge in [-0.05, 0) is 35.9 Å². The maximum Gasteiger partial charge on any atom is 0.246 e. The van der Waals surface area contributed by atoms with Crippen LogP contribution in [0.1, 0.15) is 16.8 Å². The molecule has 0 saturated carbocycles. The third kappa shape index (κ3) is 1.86. The van der Waals surface area contributed by atoms with E-state index in [9.17, 15) is 4.79 Å². The van der Waals surface area contributed by atoms with Gasteiger partial charge in [0, 0.05) is 17.4 Å². The molecular formula is C21H16N4O3. The number of pyridine rings is 1. The summed E-state index contributed by atoms with van der Waals surface area (Å²) in [4.78, 5) is 25.3. The Morgan fingerprint density at radius 3 is 2.86 bits per heavy atom. The van der Waals surface area contributed by atoms with Crippen LogP contribution in [-0.4, -0.2) is 17.5 Å². The Hall–Kier alpha value is -3.58. The minimum Gasteiger partial charge on any atom is -0.491 e. The maximum absolute atomic E-state index is 13.9. The van der Waals surface area contributed by atoms with Gasteiger partial charge in [0.1, 0.15) is 17.8 Å². The summed E-state index contributed by atoms with van der Waals surface area (Å²) in [6.07, 6.45) is 1.74. The molecule has 3 aromatic rings. The fraction of sp³-hybridized carbons (Fsp3) is 0.143. The van der Waals surface area contributed by atoms with Crippen molar-refractivity contribution in [3.05, 3.63) is 77.6 Å². The van der Waals surface area contributed by atoms with Gasteiger partial charge in [-0.15, -0.1) is 0 Å². The molecule has 1 aromatic heterocycles. The molecule has 3 aliphatic rings. The van der Waals surface area contributed by atoms with Gasteiger partial charge in [-0.2, -0.15) is 4.94 Å². The van der Waals surface area contributed by atoms with Crippen LogP contribution in [0.2, 0.25) is 0 Å². The summed E-state index contributed by atoms with van der Waals surface area (Å²) in [5.74, 6) is 0.682. The smallest absolute Gasteiger partial charge is 0.246 e. The molecule has 0 aliphatic carbocycles. The summed E-state index contributed by atoms with van der Waals surface area (Å²) >= 11 is 0. The van der Waals surface area contributed by atoms with Crippen molar-refractivity contribution in [2.24, 2.45) is 0 Å². The number of carbonyl (C=O) groups is 1. The van der Waals surface area contributed by atoms with Crippen LogP contribution in [0, 0.1) is 0 Å². The zero-order chi connectivity index (χ0) is 18.7. The van der Waals surface area contributed by atoms with Gasteiger partial charge in [0.25, 0.3) is 0 Å². The third-order valence-electron chi connectivity index (χ3n) is 5.66. The van der Waals surface area contributed by atoms with Gasteiger partial charge in [0.05, 0.1) is 23.6 Å². The first-order valence-electron chi connectivity index (χ1n) is 9.08. The fourth-order valence-corrected chi connectivity index (χ4v) is 4.42. The van der Waals surface area contributed by atoms with Gasteiger partial charge < -0.3 is 9.64 Å². The molecule has 1 amide bonds. The number of hydrogen-bond donors (Lipinski definition) is 2. The highest BCUT2D eigenvalue weighted by atomic mass is 16.8. The van der Waals surface area contributed by atoms with E-state index >= 15 is 0 Å². The number of fused-ring (bicyclic) bond motifs is 6. The molecule has 0 bridgehead atoms. The Bertz CT molecular complexity index is 1120. The van der Waals surface area contributed by atoms with Gasteiger partial charge >= 0.3 is 0 Å². The van der Waals surface area contributed by atoms with Crippen LogP contribution >= 0.6 is 0 Å². The lowest BCUT2D eigenvalue weighted by Crippen LogP contribution is -2.42. The van der Waals surface area contributed by atoms with Gasteiger partial charge in [0.15, 0.2) is 0 Å². The molecule has 1 unspecified atom stereocenters. The molecule has 7 heteroatoms. The second-order valence-corrected chi connectivity index (χ2v) is 7.09. The molecule has 0 radical (unpaired) electrons. The van der Waals surface area contributed by atoms with Crippen molar-refractivity contribution in [1.29, 1.82) is 0 Å². The third-order valence-corrected chi connectivity index (χ3v) is 5.66. The number of ether oxygens (including phenoxy) is 1. The summed E-state index contributed by atoms with van der Waals surface area (Å²) in [7, 11) is 0. The van der Waals surface area contributed by atoms with Crippen molar-refractivity contribution >= 4 is 23.0 Å². The van der Waals surface area contributed by atoms with Crippen molar-refractivity contribution < 1.29 is 14.5 Å². The lowest BCUT2D eigenvalue weighted by atomic mass is 9.76. The van der Waals surface area contributed by atoms with E-state index in [-0.39, 0.29) is 12.5 Å². The molecule has 0 fully saturated rings. The Morgan fingerprint density at radius 1 is 1.07 bits per heavy atom. The fourth-order valence-electron chi connectivity index (χ4n) is 4.42. The second kappa shape index (κ2) is 5.46. The van der Waals surface area contributed by atoms with Crippen LogP contribution in [0.15, 0.2) is 60.8 Å². The van der Waals surface area contributed by atoms with Crippen LogP contribution in [-0.2, 0) is 21.7 Å². The van der Waals surface area contributed by atoms with E-state index in [1.54, 1.807) is 11.1 Å². The molecule has 1 spiro atoms. The van der Waals surface area contributed by atoms with E-state index in [0.29, 0.717) is 12.3 Å². The summed E-state index contributed by atoms with van der Waals surface area (Å²) < 4.78 is 6.00. The van der Waals surface area contributed by atoms with Gasteiger partial charge in [-0.3, -0.25) is 9.78 Å². The van der Waals surface area contributed by atoms with Crippen molar-refractivity contribution in [1.82, 2.24) is 4.98 Å². The molecule has 28 heavy (non-hydrogen) atoms. The van der Waals surface area contributed by atoms with E-state index in [1.165, 1.54) is 0 Å². The topological polar surface area (TPSA) is 75.7 Å². The Balaban J connectivity index is 1.55. The number of nitrogens with zero attached hydrogens (tertiary/aromatic N) is 2. The Labute approximate surface area is 160 Å². The standard InChI is InChI=1S/C21H16N4O3/c26-20-21(12-27-17-9-8-15-19(18(17)21)24-28-23-15)14-6-1-2-7-16(14)25(20)11-13-5-3-4-10-22-13/h1-10,23-24H,11-12H2. The number of amides is 1. The first kappa shape index (κ1) is 15.5. The summed E-state index contributed by atoms with van der Waals surface area (Å²) in [6, 6.07) is 17.4. The summed E-state index contributed by atoms with van der Waals surface area (Å²) in [6.45, 7) is 0.667. The van der Waals surface area contributed by atoms with Gasteiger partial charge in [0.2, 0.25) is 5.91 Å². The largest absolute Gasteiger partial charge is 0.491 e. The monoisotopic (exact) mass is 372 g/mol. The Morgan fingerprint density at radius 2 is 1.96 bits per heavy atom. The van der Waals surface area contributed by atoms with E-state index < -0.39 is 5.41 Å². The highest BCUT2D eigenvalue weighted by molar-refractivity contribution is 6.12. The molecule has 1 atom stereocenters. The Kier molecular flexibility index (Phi) is 3.02. The normalized spacial score (nSPS) is 21.0. The first-order valence-corrected chi connectivity index (χ1v) is 9.08. The molecule has 7 nitrogen and oxygen atoms in total. The summed E-state index contributed by atoms with van der Waals surface area (Å²) in [5, 5.41) is 0. The predicted octanol–water partition coefficient (Wildman–Crippen LogP) is 2.99. The number of anilines is 3. The lowest BCUT2D eigenvalue weighted by Gasteiger charge is -2.24. The van der Waals surface area contributed by atoms with Crippen molar-refractivity contribution in [2.45, 2.75) is 12.0 Å². The molecule has 2 N–H and O–H groups in total. The van der Waals surface area contributed by atoms with Gasteiger partial charge in [-0.25, -0.2) is 11.0 Å². The highest BCUT2D eigenvalue weighted by Gasteiger charge is 2.58. The molecule has 3 aliphatic heterocycles. The molecule has 6 rings (SSSR count). The van der Waals surface area contributed by atoms with Crippen molar-refractivity contribution in [3.63, 3.8) is 0 Å². The average molecular weight is 372 g/mol. The molecule has 138 valence electrons.